The van der Waals surface area contributed by atoms with Crippen LogP contribution in [0, 0.1) is 6.92 Å². The van der Waals surface area contributed by atoms with E-state index in [9.17, 15) is 31.0 Å². The van der Waals surface area contributed by atoms with Crippen molar-refractivity contribution in [1.29, 1.82) is 0 Å². The largest absolute Gasteiger partial charge is 0.505 e. The smallest absolute Gasteiger partial charge is 0.297 e. The maximum atomic E-state index is 12.1. The zero-order chi connectivity index (χ0) is 24.8. The van der Waals surface area contributed by atoms with Crippen molar-refractivity contribution >= 4 is 58.8 Å². The Labute approximate surface area is 195 Å². The highest BCUT2D eigenvalue weighted by atomic mass is 32.2. The minimum absolute atomic E-state index is 0.173. The van der Waals surface area contributed by atoms with Gasteiger partial charge in [0.05, 0.1) is 0 Å². The first-order valence-corrected chi connectivity index (χ1v) is 12.7. The highest BCUT2D eigenvalue weighted by molar-refractivity contribution is 7.86. The first kappa shape index (κ1) is 23.6. The van der Waals surface area contributed by atoms with Crippen molar-refractivity contribution in [1.82, 2.24) is 0 Å². The third kappa shape index (κ3) is 4.19. The molecule has 0 saturated heterocycles. The Hall–Kier alpha value is -3.58. The Bertz CT molecular complexity index is 1710. The standard InChI is InChI=1S/C22H19N3O7S2/c1-12-9-14-11-18(33(27,28)29)20(21(26)19(14)17(10-12)23-2)25-24-16-8-7-13-5-3-4-6-15(13)22(16)34(30,31)32/h3-11,23,26H,1-2H3,(H,27,28,29)(H,30,31,32). The third-order valence-corrected chi connectivity index (χ3v) is 7.03. The maximum absolute atomic E-state index is 12.1. The normalized spacial score (nSPS) is 12.6. The zero-order valence-electron chi connectivity index (χ0n) is 17.9. The average molecular weight is 502 g/mol. The van der Waals surface area contributed by atoms with E-state index in [1.165, 1.54) is 12.1 Å². The topological polar surface area (TPSA) is 166 Å². The summed E-state index contributed by atoms with van der Waals surface area (Å²) in [4.78, 5) is -1.25. The Balaban J connectivity index is 2.04. The molecule has 0 atom stereocenters. The molecule has 4 aromatic carbocycles. The molecule has 0 heterocycles. The van der Waals surface area contributed by atoms with Crippen LogP contribution < -0.4 is 5.32 Å². The molecular formula is C22H19N3O7S2. The number of phenolic OH excluding ortho intramolecular Hbond substituents is 1. The Morgan fingerprint density at radius 2 is 1.56 bits per heavy atom. The van der Waals surface area contributed by atoms with Crippen LogP contribution in [0.15, 0.2) is 74.6 Å². The maximum Gasteiger partial charge on any atom is 0.297 e. The van der Waals surface area contributed by atoms with Crippen LogP contribution in [-0.2, 0) is 20.2 Å². The van der Waals surface area contributed by atoms with E-state index in [1.54, 1.807) is 50.4 Å². The van der Waals surface area contributed by atoms with Gasteiger partial charge in [0.1, 0.15) is 21.2 Å². The summed E-state index contributed by atoms with van der Waals surface area (Å²) in [5.74, 6) is -0.590. The molecule has 0 aliphatic rings. The summed E-state index contributed by atoms with van der Waals surface area (Å²) < 4.78 is 68.0. The van der Waals surface area contributed by atoms with Gasteiger partial charge >= 0.3 is 0 Å². The second kappa shape index (κ2) is 8.33. The van der Waals surface area contributed by atoms with E-state index < -0.39 is 41.5 Å². The summed E-state index contributed by atoms with van der Waals surface area (Å²) in [6.45, 7) is 1.77. The van der Waals surface area contributed by atoms with Gasteiger partial charge in [-0.15, -0.1) is 10.2 Å². The quantitative estimate of drug-likeness (QED) is 0.220. The molecule has 0 fully saturated rings. The van der Waals surface area contributed by atoms with Crippen molar-refractivity contribution in [3.8, 4) is 5.75 Å². The van der Waals surface area contributed by atoms with Gasteiger partial charge in [0.25, 0.3) is 20.2 Å². The van der Waals surface area contributed by atoms with E-state index in [0.717, 1.165) is 11.6 Å². The van der Waals surface area contributed by atoms with Crippen LogP contribution in [0.1, 0.15) is 5.56 Å². The molecule has 0 radical (unpaired) electrons. The molecule has 0 aromatic heterocycles. The van der Waals surface area contributed by atoms with Crippen LogP contribution in [-0.4, -0.2) is 38.1 Å². The number of hydrogen-bond donors (Lipinski definition) is 4. The van der Waals surface area contributed by atoms with Crippen molar-refractivity contribution in [2.75, 3.05) is 12.4 Å². The monoisotopic (exact) mass is 501 g/mol. The molecule has 0 saturated carbocycles. The molecule has 34 heavy (non-hydrogen) atoms. The van der Waals surface area contributed by atoms with Gasteiger partial charge < -0.3 is 10.4 Å². The van der Waals surface area contributed by atoms with E-state index in [1.807, 2.05) is 0 Å². The highest BCUT2D eigenvalue weighted by Crippen LogP contribution is 2.45. The van der Waals surface area contributed by atoms with Crippen molar-refractivity contribution in [3.05, 3.63) is 60.2 Å². The predicted octanol–water partition coefficient (Wildman–Crippen LogP) is 4.96. The van der Waals surface area contributed by atoms with Gasteiger partial charge in [0.2, 0.25) is 0 Å². The van der Waals surface area contributed by atoms with Crippen molar-refractivity contribution in [3.63, 3.8) is 0 Å². The second-order valence-corrected chi connectivity index (χ2v) is 10.3. The average Bonchev–Trinajstić information content (AvgIpc) is 2.75. The SMILES string of the molecule is CNc1cc(C)cc2cc(S(=O)(=O)O)c(N=Nc3ccc4ccccc4c3S(=O)(=O)O)c(O)c12. The summed E-state index contributed by atoms with van der Waals surface area (Å²) in [6.07, 6.45) is 0. The predicted molar refractivity (Wildman–Crippen MR) is 128 cm³/mol. The molecule has 0 aliphatic carbocycles. The van der Waals surface area contributed by atoms with Gasteiger partial charge in [-0.05, 0) is 41.5 Å². The van der Waals surface area contributed by atoms with Gasteiger partial charge in [-0.3, -0.25) is 9.11 Å². The van der Waals surface area contributed by atoms with Gasteiger partial charge in [0.15, 0.2) is 5.75 Å². The Morgan fingerprint density at radius 1 is 0.853 bits per heavy atom. The fraction of sp³-hybridized carbons (Fsp3) is 0.0909. The lowest BCUT2D eigenvalue weighted by molar-refractivity contribution is 0.472. The molecule has 10 nitrogen and oxygen atoms in total. The summed E-state index contributed by atoms with van der Waals surface area (Å²) >= 11 is 0. The van der Waals surface area contributed by atoms with Crippen LogP contribution in [0.2, 0.25) is 0 Å². The summed E-state index contributed by atoms with van der Waals surface area (Å²) in [5.41, 5.74) is 0.348. The molecule has 0 spiro atoms. The molecular weight excluding hydrogens is 482 g/mol. The van der Waals surface area contributed by atoms with Crippen LogP contribution in [0.5, 0.6) is 5.75 Å². The lowest BCUT2D eigenvalue weighted by Gasteiger charge is -2.13. The Morgan fingerprint density at radius 3 is 2.21 bits per heavy atom. The lowest BCUT2D eigenvalue weighted by atomic mass is 10.0. The van der Waals surface area contributed by atoms with Gasteiger partial charge in [0, 0.05) is 23.5 Å². The minimum Gasteiger partial charge on any atom is -0.505 e. The van der Waals surface area contributed by atoms with Gasteiger partial charge in [-0.25, -0.2) is 0 Å². The van der Waals surface area contributed by atoms with E-state index in [0.29, 0.717) is 16.5 Å². The number of nitrogens with one attached hydrogen (secondary N) is 1. The minimum atomic E-state index is -4.86. The van der Waals surface area contributed by atoms with Gasteiger partial charge in [-0.1, -0.05) is 36.4 Å². The number of phenols is 1. The van der Waals surface area contributed by atoms with E-state index >= 15 is 0 Å². The number of benzene rings is 4. The lowest BCUT2D eigenvalue weighted by Crippen LogP contribution is -2.01. The van der Waals surface area contributed by atoms with Crippen LogP contribution in [0.3, 0.4) is 0 Å². The summed E-state index contributed by atoms with van der Waals surface area (Å²) in [6, 6.07) is 13.7. The Kier molecular flexibility index (Phi) is 5.77. The molecule has 4 aromatic rings. The fourth-order valence-corrected chi connectivity index (χ4v) is 5.31. The zero-order valence-corrected chi connectivity index (χ0v) is 19.5. The van der Waals surface area contributed by atoms with E-state index in [4.69, 9.17) is 0 Å². The molecule has 4 N–H and O–H groups in total. The van der Waals surface area contributed by atoms with Crippen LogP contribution >= 0.6 is 0 Å². The molecule has 0 bridgehead atoms. The summed E-state index contributed by atoms with van der Waals surface area (Å²) in [7, 11) is -8.01. The van der Waals surface area contributed by atoms with Crippen LogP contribution in [0.25, 0.3) is 21.5 Å². The van der Waals surface area contributed by atoms with Gasteiger partial charge in [-0.2, -0.15) is 16.8 Å². The van der Waals surface area contributed by atoms with Crippen molar-refractivity contribution in [2.45, 2.75) is 16.7 Å². The first-order valence-electron chi connectivity index (χ1n) is 9.78. The van der Waals surface area contributed by atoms with E-state index in [2.05, 4.69) is 15.5 Å². The van der Waals surface area contributed by atoms with E-state index in [-0.39, 0.29) is 16.5 Å². The highest BCUT2D eigenvalue weighted by Gasteiger charge is 2.24. The number of hydrogen-bond acceptors (Lipinski definition) is 8. The number of rotatable bonds is 5. The fourth-order valence-electron chi connectivity index (χ4n) is 3.81. The first-order chi connectivity index (χ1) is 15.9. The number of fused-ring (bicyclic) bond motifs is 2. The number of azo groups is 1. The molecule has 4 rings (SSSR count). The number of aromatic hydroxyl groups is 1. The molecule has 0 aliphatic heterocycles. The number of nitrogens with zero attached hydrogens (tertiary/aromatic N) is 2. The number of anilines is 1. The second-order valence-electron chi connectivity index (χ2n) is 7.52. The number of aryl methyl sites for hydroxylation is 1. The third-order valence-electron chi connectivity index (χ3n) is 5.22. The van der Waals surface area contributed by atoms with Crippen LogP contribution in [0.4, 0.5) is 17.1 Å². The molecule has 176 valence electrons. The summed E-state index contributed by atoms with van der Waals surface area (Å²) in [5, 5.41) is 22.7. The molecule has 0 unspecified atom stereocenters. The molecule has 12 heteroatoms. The molecule has 0 amide bonds. The van der Waals surface area contributed by atoms with Crippen molar-refractivity contribution < 1.29 is 31.0 Å². The van der Waals surface area contributed by atoms with Crippen molar-refractivity contribution in [2.24, 2.45) is 10.2 Å².